The van der Waals surface area contributed by atoms with E-state index in [9.17, 15) is 18.7 Å². The van der Waals surface area contributed by atoms with E-state index in [4.69, 9.17) is 0 Å². The van der Waals surface area contributed by atoms with Crippen LogP contribution >= 0.6 is 0 Å². The van der Waals surface area contributed by atoms with Crippen molar-refractivity contribution < 1.29 is 18.7 Å². The molecule has 2 aliphatic heterocycles. The Labute approximate surface area is 141 Å². The highest BCUT2D eigenvalue weighted by Gasteiger charge is 2.47. The summed E-state index contributed by atoms with van der Waals surface area (Å²) in [5.74, 6) is -2.72. The van der Waals surface area contributed by atoms with Crippen LogP contribution in [0.15, 0.2) is 24.3 Å². The number of aryl methyl sites for hydroxylation is 1. The van der Waals surface area contributed by atoms with Crippen molar-refractivity contribution >= 4 is 5.91 Å². The Morgan fingerprint density at radius 2 is 2.04 bits per heavy atom. The monoisotopic (exact) mass is 338 g/mol. The van der Waals surface area contributed by atoms with Gasteiger partial charge in [-0.1, -0.05) is 17.7 Å². The van der Waals surface area contributed by atoms with E-state index in [1.807, 2.05) is 31.2 Å². The molecule has 24 heavy (non-hydrogen) atoms. The largest absolute Gasteiger partial charge is 0.395 e. The Bertz CT molecular complexity index is 600. The first kappa shape index (κ1) is 17.3. The molecule has 2 heterocycles. The number of benzene rings is 1. The summed E-state index contributed by atoms with van der Waals surface area (Å²) >= 11 is 0. The number of hydrogen-bond acceptors (Lipinski definition) is 3. The molecular weight excluding hydrogens is 314 g/mol. The van der Waals surface area contributed by atoms with Gasteiger partial charge in [-0.2, -0.15) is 0 Å². The number of carbonyl (C=O) groups is 1. The van der Waals surface area contributed by atoms with Gasteiger partial charge in [0.05, 0.1) is 13.2 Å². The van der Waals surface area contributed by atoms with E-state index in [1.54, 1.807) is 9.80 Å². The summed E-state index contributed by atoms with van der Waals surface area (Å²) in [6.07, 6.45) is 1.07. The highest BCUT2D eigenvalue weighted by atomic mass is 19.3. The number of nitrogens with zero attached hydrogens (tertiary/aromatic N) is 2. The van der Waals surface area contributed by atoms with Crippen molar-refractivity contribution in [2.75, 3.05) is 26.2 Å². The van der Waals surface area contributed by atoms with Crippen molar-refractivity contribution in [1.82, 2.24) is 9.80 Å². The van der Waals surface area contributed by atoms with Crippen molar-refractivity contribution in [3.8, 4) is 0 Å². The van der Waals surface area contributed by atoms with Crippen molar-refractivity contribution in [3.63, 3.8) is 0 Å². The van der Waals surface area contributed by atoms with Crippen LogP contribution in [0.3, 0.4) is 0 Å². The van der Waals surface area contributed by atoms with E-state index in [-0.39, 0.29) is 31.5 Å². The Balaban J connectivity index is 1.61. The second kappa shape index (κ2) is 6.76. The predicted octanol–water partition coefficient (Wildman–Crippen LogP) is 2.30. The molecule has 1 amide bonds. The standard InChI is InChI=1S/C18H24F2N2O2/c1-13-3-2-4-14(9-13)17(24)21-7-5-15(6-8-21)22-12-18(19,20)10-16(22)11-23/h2-4,9,15-16,23H,5-8,10-12H2,1H3/t16-/m0/s1. The quantitative estimate of drug-likeness (QED) is 0.920. The molecule has 1 atom stereocenters. The minimum atomic E-state index is -2.72. The normalized spacial score (nSPS) is 25.2. The van der Waals surface area contributed by atoms with Crippen LogP contribution in [0.2, 0.25) is 0 Å². The van der Waals surface area contributed by atoms with E-state index in [1.165, 1.54) is 0 Å². The summed E-state index contributed by atoms with van der Waals surface area (Å²) < 4.78 is 27.3. The predicted molar refractivity (Wildman–Crippen MR) is 87.2 cm³/mol. The maximum atomic E-state index is 13.6. The lowest BCUT2D eigenvalue weighted by atomic mass is 10.0. The zero-order chi connectivity index (χ0) is 17.3. The summed E-state index contributed by atoms with van der Waals surface area (Å²) in [7, 11) is 0. The summed E-state index contributed by atoms with van der Waals surface area (Å²) in [5, 5.41) is 9.37. The molecule has 6 heteroatoms. The molecule has 0 radical (unpaired) electrons. The molecule has 0 bridgehead atoms. The smallest absolute Gasteiger partial charge is 0.262 e. The van der Waals surface area contributed by atoms with E-state index in [0.717, 1.165) is 5.56 Å². The van der Waals surface area contributed by atoms with Gasteiger partial charge < -0.3 is 10.0 Å². The number of carbonyl (C=O) groups excluding carboxylic acids is 1. The second-order valence-electron chi connectivity index (χ2n) is 6.96. The van der Waals surface area contributed by atoms with E-state index < -0.39 is 12.0 Å². The molecule has 0 unspecified atom stereocenters. The van der Waals surface area contributed by atoms with Gasteiger partial charge in [0.15, 0.2) is 0 Å². The molecule has 0 saturated carbocycles. The molecule has 0 spiro atoms. The van der Waals surface area contributed by atoms with Crippen molar-refractivity contribution in [2.24, 2.45) is 0 Å². The Kier molecular flexibility index (Phi) is 4.88. The highest BCUT2D eigenvalue weighted by molar-refractivity contribution is 5.94. The zero-order valence-corrected chi connectivity index (χ0v) is 13.9. The van der Waals surface area contributed by atoms with E-state index in [2.05, 4.69) is 0 Å². The topological polar surface area (TPSA) is 43.8 Å². The van der Waals surface area contributed by atoms with Crippen LogP contribution in [0.4, 0.5) is 8.78 Å². The number of aliphatic hydroxyl groups is 1. The lowest BCUT2D eigenvalue weighted by Crippen LogP contribution is -2.49. The van der Waals surface area contributed by atoms with Gasteiger partial charge in [0.25, 0.3) is 11.8 Å². The van der Waals surface area contributed by atoms with Gasteiger partial charge in [0, 0.05) is 37.2 Å². The van der Waals surface area contributed by atoms with Gasteiger partial charge in [0.1, 0.15) is 0 Å². The third kappa shape index (κ3) is 3.59. The number of piperidine rings is 1. The van der Waals surface area contributed by atoms with Crippen molar-refractivity contribution in [2.45, 2.75) is 44.2 Å². The summed E-state index contributed by atoms with van der Waals surface area (Å²) in [6, 6.07) is 7.04. The first-order chi connectivity index (χ1) is 11.4. The molecule has 1 aromatic rings. The van der Waals surface area contributed by atoms with E-state index in [0.29, 0.717) is 31.5 Å². The molecule has 0 aromatic heterocycles. The van der Waals surface area contributed by atoms with Gasteiger partial charge in [-0.3, -0.25) is 9.69 Å². The summed E-state index contributed by atoms with van der Waals surface area (Å²) in [6.45, 7) is 2.56. The maximum absolute atomic E-state index is 13.6. The van der Waals surface area contributed by atoms with Crippen LogP contribution in [0.25, 0.3) is 0 Å². The Morgan fingerprint density at radius 1 is 1.33 bits per heavy atom. The van der Waals surface area contributed by atoms with Crippen LogP contribution in [0.5, 0.6) is 0 Å². The van der Waals surface area contributed by atoms with Crippen LogP contribution in [0.1, 0.15) is 35.2 Å². The maximum Gasteiger partial charge on any atom is 0.262 e. The van der Waals surface area contributed by atoms with Gasteiger partial charge in [0.2, 0.25) is 0 Å². The molecule has 1 N–H and O–H groups in total. The minimum absolute atomic E-state index is 0.00242. The number of halogens is 2. The summed E-state index contributed by atoms with van der Waals surface area (Å²) in [4.78, 5) is 16.1. The lowest BCUT2D eigenvalue weighted by Gasteiger charge is -2.38. The lowest BCUT2D eigenvalue weighted by molar-refractivity contribution is 0.00297. The van der Waals surface area contributed by atoms with Crippen LogP contribution in [-0.4, -0.2) is 65.1 Å². The Morgan fingerprint density at radius 3 is 2.67 bits per heavy atom. The van der Waals surface area contributed by atoms with E-state index >= 15 is 0 Å². The SMILES string of the molecule is Cc1cccc(C(=O)N2CCC(N3CC(F)(F)C[C@H]3CO)CC2)c1. The molecular formula is C18H24F2N2O2. The van der Waals surface area contributed by atoms with Crippen LogP contribution < -0.4 is 0 Å². The molecule has 1 aromatic carbocycles. The molecule has 132 valence electrons. The number of aliphatic hydroxyl groups excluding tert-OH is 1. The molecule has 2 fully saturated rings. The molecule has 4 nitrogen and oxygen atoms in total. The van der Waals surface area contributed by atoms with Gasteiger partial charge in [-0.25, -0.2) is 8.78 Å². The number of alkyl halides is 2. The fourth-order valence-electron chi connectivity index (χ4n) is 3.88. The van der Waals surface area contributed by atoms with Gasteiger partial charge in [-0.15, -0.1) is 0 Å². The van der Waals surface area contributed by atoms with Crippen molar-refractivity contribution in [3.05, 3.63) is 35.4 Å². The third-order valence-corrected chi connectivity index (χ3v) is 5.11. The second-order valence-corrected chi connectivity index (χ2v) is 6.96. The van der Waals surface area contributed by atoms with Crippen LogP contribution in [0, 0.1) is 6.92 Å². The minimum Gasteiger partial charge on any atom is -0.395 e. The average molecular weight is 338 g/mol. The number of amides is 1. The molecule has 2 aliphatic rings. The summed E-state index contributed by atoms with van der Waals surface area (Å²) in [5.41, 5.74) is 1.72. The Hall–Kier alpha value is -1.53. The molecule has 2 saturated heterocycles. The average Bonchev–Trinajstić information content (AvgIpc) is 2.89. The van der Waals surface area contributed by atoms with Crippen LogP contribution in [-0.2, 0) is 0 Å². The first-order valence-corrected chi connectivity index (χ1v) is 8.50. The number of rotatable bonds is 3. The number of likely N-dealkylation sites (tertiary alicyclic amines) is 2. The fourth-order valence-corrected chi connectivity index (χ4v) is 3.88. The molecule has 3 rings (SSSR count). The van der Waals surface area contributed by atoms with Gasteiger partial charge in [-0.05, 0) is 31.9 Å². The zero-order valence-electron chi connectivity index (χ0n) is 13.9. The molecule has 0 aliphatic carbocycles. The number of hydrogen-bond donors (Lipinski definition) is 1. The first-order valence-electron chi connectivity index (χ1n) is 8.50. The van der Waals surface area contributed by atoms with Crippen molar-refractivity contribution in [1.29, 1.82) is 0 Å². The third-order valence-electron chi connectivity index (χ3n) is 5.11. The van der Waals surface area contributed by atoms with Gasteiger partial charge >= 0.3 is 0 Å². The fraction of sp³-hybridized carbons (Fsp3) is 0.611. The highest BCUT2D eigenvalue weighted by Crippen LogP contribution is 2.35.